The van der Waals surface area contributed by atoms with Crippen molar-refractivity contribution in [2.24, 2.45) is 0 Å². The van der Waals surface area contributed by atoms with Gasteiger partial charge in [0.15, 0.2) is 0 Å². The lowest BCUT2D eigenvalue weighted by atomic mass is 10.0. The fraction of sp³-hybridized carbons (Fsp3) is 0.500. The summed E-state index contributed by atoms with van der Waals surface area (Å²) in [5.41, 5.74) is 1.93. The Morgan fingerprint density at radius 2 is 2.12 bits per heavy atom. The molecule has 1 aliphatic rings. The van der Waals surface area contributed by atoms with E-state index in [9.17, 15) is 4.79 Å². The lowest BCUT2D eigenvalue weighted by molar-refractivity contribution is -0.137. The van der Waals surface area contributed by atoms with E-state index >= 15 is 0 Å². The number of benzene rings is 1. The Morgan fingerprint density at radius 1 is 1.36 bits per heavy atom. The minimum absolute atomic E-state index is 0.00917. The number of oxazole rings is 1. The maximum atomic E-state index is 12.4. The van der Waals surface area contributed by atoms with Gasteiger partial charge in [0, 0.05) is 24.6 Å². The molecule has 0 bridgehead atoms. The molecule has 0 saturated carbocycles. The van der Waals surface area contributed by atoms with Crippen LogP contribution < -0.4 is 0 Å². The highest BCUT2D eigenvalue weighted by molar-refractivity contribution is 5.78. The molecule has 0 unspecified atom stereocenters. The van der Waals surface area contributed by atoms with E-state index in [1.165, 1.54) is 0 Å². The molecule has 134 valence electrons. The lowest BCUT2D eigenvalue weighted by Gasteiger charge is -2.22. The fourth-order valence-corrected chi connectivity index (χ4v) is 3.28. The second-order valence-corrected chi connectivity index (χ2v) is 6.67. The van der Waals surface area contributed by atoms with Gasteiger partial charge in [-0.25, -0.2) is 4.98 Å². The number of amides is 1. The summed E-state index contributed by atoms with van der Waals surface area (Å²) >= 11 is 0. The zero-order valence-corrected chi connectivity index (χ0v) is 15.2. The summed E-state index contributed by atoms with van der Waals surface area (Å²) in [6.07, 6.45) is 1.84. The van der Waals surface area contributed by atoms with Crippen LogP contribution in [0.5, 0.6) is 0 Å². The van der Waals surface area contributed by atoms with Gasteiger partial charge in [0.05, 0.1) is 0 Å². The number of rotatable bonds is 6. The molecule has 0 radical (unpaired) electrons. The molecule has 1 amide bonds. The Morgan fingerprint density at radius 3 is 2.80 bits per heavy atom. The highest BCUT2D eigenvalue weighted by Crippen LogP contribution is 2.37. The largest absolute Gasteiger partial charge is 0.442 e. The lowest BCUT2D eigenvalue weighted by Crippen LogP contribution is -2.33. The number of likely N-dealkylation sites (tertiary alicyclic amines) is 1. The molecule has 1 aromatic heterocycles. The van der Waals surface area contributed by atoms with E-state index in [2.05, 4.69) is 13.8 Å². The average Bonchev–Trinajstić information content (AvgIpc) is 3.27. The molecule has 1 atom stereocenters. The monoisotopic (exact) mass is 342 g/mol. The van der Waals surface area contributed by atoms with Crippen molar-refractivity contribution in [2.75, 3.05) is 19.8 Å². The molecule has 0 aliphatic carbocycles. The summed E-state index contributed by atoms with van der Waals surface area (Å²) in [7, 11) is 0. The Kier molecular flexibility index (Phi) is 5.53. The molecule has 2 aromatic rings. The Hall–Kier alpha value is -2.14. The van der Waals surface area contributed by atoms with Crippen molar-refractivity contribution in [3.63, 3.8) is 0 Å². The van der Waals surface area contributed by atoms with Gasteiger partial charge in [-0.2, -0.15) is 0 Å². The van der Waals surface area contributed by atoms with Gasteiger partial charge >= 0.3 is 0 Å². The van der Waals surface area contributed by atoms with Gasteiger partial charge in [0.25, 0.3) is 0 Å². The number of carbonyl (C=O) groups is 1. The van der Waals surface area contributed by atoms with Crippen LogP contribution in [0.4, 0.5) is 0 Å². The normalized spacial score (nSPS) is 17.4. The quantitative estimate of drug-likeness (QED) is 0.791. The van der Waals surface area contributed by atoms with E-state index in [-0.39, 0.29) is 24.5 Å². The SMILES string of the molecule is CCOCC(=O)N1CCC[C@@H]1c1nc(-c2ccccc2)c(C(C)C)o1. The van der Waals surface area contributed by atoms with Crippen LogP contribution in [0.2, 0.25) is 0 Å². The van der Waals surface area contributed by atoms with Crippen LogP contribution in [-0.2, 0) is 9.53 Å². The molecule has 0 N–H and O–H groups in total. The van der Waals surface area contributed by atoms with Crippen molar-refractivity contribution in [2.45, 2.75) is 45.6 Å². The van der Waals surface area contributed by atoms with Crippen molar-refractivity contribution >= 4 is 5.91 Å². The third-order valence-electron chi connectivity index (χ3n) is 4.53. The molecule has 2 heterocycles. The Bertz CT molecular complexity index is 709. The summed E-state index contributed by atoms with van der Waals surface area (Å²) in [5.74, 6) is 1.76. The van der Waals surface area contributed by atoms with Crippen molar-refractivity contribution in [1.29, 1.82) is 0 Å². The van der Waals surface area contributed by atoms with Gasteiger partial charge in [-0.3, -0.25) is 4.79 Å². The zero-order valence-electron chi connectivity index (χ0n) is 15.2. The van der Waals surface area contributed by atoms with E-state index in [1.807, 2.05) is 42.2 Å². The molecule has 5 heteroatoms. The molecule has 0 spiro atoms. The van der Waals surface area contributed by atoms with Crippen molar-refractivity contribution in [1.82, 2.24) is 9.88 Å². The van der Waals surface area contributed by atoms with Gasteiger partial charge in [-0.15, -0.1) is 0 Å². The van der Waals surface area contributed by atoms with Crippen LogP contribution in [0.1, 0.15) is 57.2 Å². The minimum atomic E-state index is -0.0945. The van der Waals surface area contributed by atoms with Gasteiger partial charge in [-0.1, -0.05) is 44.2 Å². The topological polar surface area (TPSA) is 55.6 Å². The summed E-state index contributed by atoms with van der Waals surface area (Å²) in [6.45, 7) is 7.49. The first-order chi connectivity index (χ1) is 12.1. The highest BCUT2D eigenvalue weighted by Gasteiger charge is 2.34. The van der Waals surface area contributed by atoms with E-state index in [1.54, 1.807) is 0 Å². The first kappa shape index (κ1) is 17.7. The number of nitrogens with zero attached hydrogens (tertiary/aromatic N) is 2. The van der Waals surface area contributed by atoms with Gasteiger partial charge in [0.2, 0.25) is 11.8 Å². The zero-order chi connectivity index (χ0) is 17.8. The molecular weight excluding hydrogens is 316 g/mol. The van der Waals surface area contributed by atoms with E-state index < -0.39 is 0 Å². The molecule has 5 nitrogen and oxygen atoms in total. The minimum Gasteiger partial charge on any atom is -0.442 e. The second-order valence-electron chi connectivity index (χ2n) is 6.67. The summed E-state index contributed by atoms with van der Waals surface area (Å²) in [5, 5.41) is 0. The maximum absolute atomic E-state index is 12.4. The Labute approximate surface area is 149 Å². The first-order valence-corrected chi connectivity index (χ1v) is 9.05. The van der Waals surface area contributed by atoms with Gasteiger partial charge < -0.3 is 14.1 Å². The van der Waals surface area contributed by atoms with Crippen molar-refractivity contribution in [3.8, 4) is 11.3 Å². The molecular formula is C20H26N2O3. The van der Waals surface area contributed by atoms with Crippen LogP contribution in [0.15, 0.2) is 34.7 Å². The summed E-state index contributed by atoms with van der Waals surface area (Å²) < 4.78 is 11.4. The predicted molar refractivity (Wildman–Crippen MR) is 96.2 cm³/mol. The third kappa shape index (κ3) is 3.76. The summed E-state index contributed by atoms with van der Waals surface area (Å²) in [6, 6.07) is 9.98. The number of aromatic nitrogens is 1. The van der Waals surface area contributed by atoms with Crippen LogP contribution in [0, 0.1) is 0 Å². The summed E-state index contributed by atoms with van der Waals surface area (Å²) in [4.78, 5) is 19.1. The predicted octanol–water partition coefficient (Wildman–Crippen LogP) is 4.17. The standard InChI is InChI=1S/C20H26N2O3/c1-4-24-13-17(23)22-12-8-11-16(22)20-21-18(19(25-20)14(2)3)15-9-6-5-7-10-15/h5-7,9-10,14,16H,4,8,11-13H2,1-3H3/t16-/m1/s1. The average molecular weight is 342 g/mol. The molecule has 25 heavy (non-hydrogen) atoms. The highest BCUT2D eigenvalue weighted by atomic mass is 16.5. The van der Waals surface area contributed by atoms with Gasteiger partial charge in [-0.05, 0) is 19.8 Å². The smallest absolute Gasteiger partial charge is 0.249 e. The number of hydrogen-bond donors (Lipinski definition) is 0. The Balaban J connectivity index is 1.90. The van der Waals surface area contributed by atoms with Crippen molar-refractivity contribution in [3.05, 3.63) is 42.0 Å². The van der Waals surface area contributed by atoms with Crippen LogP contribution in [-0.4, -0.2) is 35.5 Å². The van der Waals surface area contributed by atoms with Crippen LogP contribution in [0.25, 0.3) is 11.3 Å². The maximum Gasteiger partial charge on any atom is 0.249 e. The molecule has 1 aromatic carbocycles. The molecule has 3 rings (SSSR count). The molecule has 1 aliphatic heterocycles. The number of carbonyl (C=O) groups excluding carboxylic acids is 1. The second kappa shape index (κ2) is 7.83. The van der Waals surface area contributed by atoms with E-state index in [0.29, 0.717) is 12.5 Å². The van der Waals surface area contributed by atoms with Crippen LogP contribution in [0.3, 0.4) is 0 Å². The number of hydrogen-bond acceptors (Lipinski definition) is 4. The third-order valence-corrected chi connectivity index (χ3v) is 4.53. The molecule has 1 saturated heterocycles. The van der Waals surface area contributed by atoms with Crippen molar-refractivity contribution < 1.29 is 13.9 Å². The van der Waals surface area contributed by atoms with Crippen LogP contribution >= 0.6 is 0 Å². The fourth-order valence-electron chi connectivity index (χ4n) is 3.28. The number of ether oxygens (including phenoxy) is 1. The van der Waals surface area contributed by atoms with E-state index in [4.69, 9.17) is 14.1 Å². The first-order valence-electron chi connectivity index (χ1n) is 9.05. The van der Waals surface area contributed by atoms with Gasteiger partial charge in [0.1, 0.15) is 24.1 Å². The molecule has 1 fully saturated rings. The van der Waals surface area contributed by atoms with E-state index in [0.717, 1.165) is 36.4 Å².